The lowest BCUT2D eigenvalue weighted by atomic mass is 9.88. The summed E-state index contributed by atoms with van der Waals surface area (Å²) in [6, 6.07) is 9.53. The average molecular weight is 368 g/mol. The molecule has 1 amide bonds. The third-order valence-electron chi connectivity index (χ3n) is 3.48. The molecule has 0 aliphatic carbocycles. The van der Waals surface area contributed by atoms with Crippen LogP contribution in [-0.2, 0) is 16.9 Å². The third-order valence-corrected chi connectivity index (χ3v) is 5.19. The number of rotatable bonds is 3. The fourth-order valence-electron chi connectivity index (χ4n) is 2.31. The molecule has 110 valence electrons. The average Bonchev–Trinajstić information content (AvgIpc) is 2.89. The van der Waals surface area contributed by atoms with Crippen molar-refractivity contribution in [1.29, 1.82) is 0 Å². The van der Waals surface area contributed by atoms with Gasteiger partial charge in [0.1, 0.15) is 12.2 Å². The van der Waals surface area contributed by atoms with Crippen molar-refractivity contribution in [2.45, 2.75) is 12.2 Å². The van der Waals surface area contributed by atoms with Gasteiger partial charge < -0.3 is 14.7 Å². The number of aliphatic hydroxyl groups is 1. The molecule has 0 saturated carbocycles. The van der Waals surface area contributed by atoms with E-state index < -0.39 is 11.7 Å². The van der Waals surface area contributed by atoms with Gasteiger partial charge in [0.2, 0.25) is 0 Å². The Kier molecular flexibility index (Phi) is 4.01. The SMILES string of the molecule is O=C(OCc1ccccc1)N1CC(O)(c2cscc2Br)C1. The van der Waals surface area contributed by atoms with Crippen LogP contribution in [0.5, 0.6) is 0 Å². The summed E-state index contributed by atoms with van der Waals surface area (Å²) in [5, 5.41) is 14.3. The van der Waals surface area contributed by atoms with Gasteiger partial charge in [0.25, 0.3) is 0 Å². The fourth-order valence-corrected chi connectivity index (χ4v) is 4.06. The summed E-state index contributed by atoms with van der Waals surface area (Å²) < 4.78 is 6.12. The van der Waals surface area contributed by atoms with Gasteiger partial charge >= 0.3 is 6.09 Å². The van der Waals surface area contributed by atoms with Crippen LogP contribution in [0.15, 0.2) is 45.6 Å². The van der Waals surface area contributed by atoms with E-state index in [1.807, 2.05) is 41.1 Å². The number of hydrogen-bond donors (Lipinski definition) is 1. The summed E-state index contributed by atoms with van der Waals surface area (Å²) in [5.41, 5.74) is 0.812. The molecule has 21 heavy (non-hydrogen) atoms. The van der Waals surface area contributed by atoms with Crippen LogP contribution >= 0.6 is 27.3 Å². The van der Waals surface area contributed by atoms with Crippen molar-refractivity contribution >= 4 is 33.4 Å². The Morgan fingerprint density at radius 3 is 2.67 bits per heavy atom. The zero-order valence-corrected chi connectivity index (χ0v) is 13.6. The van der Waals surface area contributed by atoms with Crippen molar-refractivity contribution in [3.8, 4) is 0 Å². The molecule has 0 radical (unpaired) electrons. The predicted molar refractivity (Wildman–Crippen MR) is 84.1 cm³/mol. The van der Waals surface area contributed by atoms with E-state index in [9.17, 15) is 9.90 Å². The summed E-state index contributed by atoms with van der Waals surface area (Å²) in [6.45, 7) is 0.767. The smallest absolute Gasteiger partial charge is 0.410 e. The molecule has 0 bridgehead atoms. The molecule has 1 aromatic carbocycles. The zero-order chi connectivity index (χ0) is 14.9. The van der Waals surface area contributed by atoms with Crippen LogP contribution in [0.4, 0.5) is 4.79 Å². The van der Waals surface area contributed by atoms with Crippen molar-refractivity contribution in [2.24, 2.45) is 0 Å². The van der Waals surface area contributed by atoms with Crippen LogP contribution in [0.25, 0.3) is 0 Å². The number of halogens is 1. The summed E-state index contributed by atoms with van der Waals surface area (Å²) in [4.78, 5) is 13.4. The van der Waals surface area contributed by atoms with E-state index in [1.165, 1.54) is 16.2 Å². The molecule has 1 aliphatic heterocycles. The van der Waals surface area contributed by atoms with Crippen molar-refractivity contribution in [3.05, 3.63) is 56.7 Å². The Labute approximate surface area is 135 Å². The number of likely N-dealkylation sites (tertiary alicyclic amines) is 1. The third kappa shape index (κ3) is 2.97. The Morgan fingerprint density at radius 2 is 2.05 bits per heavy atom. The lowest BCUT2D eigenvalue weighted by molar-refractivity contribution is -0.0951. The molecule has 4 nitrogen and oxygen atoms in total. The topological polar surface area (TPSA) is 49.8 Å². The van der Waals surface area contributed by atoms with Crippen molar-refractivity contribution in [2.75, 3.05) is 13.1 Å². The second-order valence-electron chi connectivity index (χ2n) is 5.06. The highest BCUT2D eigenvalue weighted by molar-refractivity contribution is 9.10. The van der Waals surface area contributed by atoms with Gasteiger partial charge in [-0.3, -0.25) is 0 Å². The number of carbonyl (C=O) groups is 1. The van der Waals surface area contributed by atoms with Crippen LogP contribution in [0, 0.1) is 0 Å². The van der Waals surface area contributed by atoms with E-state index in [1.54, 1.807) is 0 Å². The van der Waals surface area contributed by atoms with Gasteiger partial charge in [-0.1, -0.05) is 30.3 Å². The molecule has 0 unspecified atom stereocenters. The van der Waals surface area contributed by atoms with Gasteiger partial charge in [-0.25, -0.2) is 4.79 Å². The number of ether oxygens (including phenoxy) is 1. The quantitative estimate of drug-likeness (QED) is 0.904. The molecule has 3 rings (SSSR count). The summed E-state index contributed by atoms with van der Waals surface area (Å²) in [6.07, 6.45) is -0.394. The second-order valence-corrected chi connectivity index (χ2v) is 6.66. The monoisotopic (exact) mass is 367 g/mol. The Hall–Kier alpha value is -1.37. The summed E-state index contributed by atoms with van der Waals surface area (Å²) in [7, 11) is 0. The van der Waals surface area contributed by atoms with Gasteiger partial charge in [-0.15, -0.1) is 0 Å². The molecule has 2 heterocycles. The fraction of sp³-hybridized carbons (Fsp3) is 0.267. The number of nitrogens with zero attached hydrogens (tertiary/aromatic N) is 1. The molecule has 2 aromatic rings. The second kappa shape index (κ2) is 5.79. The number of amides is 1. The Balaban J connectivity index is 1.54. The van der Waals surface area contributed by atoms with Crippen molar-refractivity contribution in [1.82, 2.24) is 4.90 Å². The maximum absolute atomic E-state index is 11.9. The molecular formula is C15H14BrNO3S. The first-order valence-electron chi connectivity index (χ1n) is 6.49. The van der Waals surface area contributed by atoms with Gasteiger partial charge in [-0.05, 0) is 26.9 Å². The molecule has 1 fully saturated rings. The maximum atomic E-state index is 11.9. The number of β-amino-alcohol motifs (C(OH)–C–C–N with tert-alkyl or cyclic N) is 1. The maximum Gasteiger partial charge on any atom is 0.410 e. The van der Waals surface area contributed by atoms with Crippen LogP contribution in [0.1, 0.15) is 11.1 Å². The first-order valence-corrected chi connectivity index (χ1v) is 8.22. The summed E-state index contributed by atoms with van der Waals surface area (Å²) in [5.74, 6) is 0. The van der Waals surface area contributed by atoms with Crippen LogP contribution in [-0.4, -0.2) is 29.2 Å². The highest BCUT2D eigenvalue weighted by atomic mass is 79.9. The minimum Gasteiger partial charge on any atom is -0.445 e. The van der Waals surface area contributed by atoms with Crippen LogP contribution in [0.2, 0.25) is 0 Å². The van der Waals surface area contributed by atoms with E-state index in [-0.39, 0.29) is 19.7 Å². The predicted octanol–water partition coefficient (Wildman–Crippen LogP) is 3.35. The van der Waals surface area contributed by atoms with Gasteiger partial charge in [0.15, 0.2) is 0 Å². The lowest BCUT2D eigenvalue weighted by Gasteiger charge is -2.45. The lowest BCUT2D eigenvalue weighted by Crippen LogP contribution is -2.61. The standard InChI is InChI=1S/C15H14BrNO3S/c16-13-8-21-7-12(13)15(19)9-17(10-15)14(18)20-6-11-4-2-1-3-5-11/h1-5,7-8,19H,6,9-10H2. The van der Waals surface area contributed by atoms with E-state index in [4.69, 9.17) is 4.74 Å². The number of hydrogen-bond acceptors (Lipinski definition) is 4. The Bertz CT molecular complexity index is 637. The van der Waals surface area contributed by atoms with E-state index in [0.29, 0.717) is 0 Å². The minimum atomic E-state index is -0.968. The first-order chi connectivity index (χ1) is 10.1. The Morgan fingerprint density at radius 1 is 1.33 bits per heavy atom. The zero-order valence-electron chi connectivity index (χ0n) is 11.2. The van der Waals surface area contributed by atoms with E-state index >= 15 is 0 Å². The molecule has 1 saturated heterocycles. The van der Waals surface area contributed by atoms with Gasteiger partial charge in [0, 0.05) is 15.4 Å². The van der Waals surface area contributed by atoms with Gasteiger partial charge in [0.05, 0.1) is 13.1 Å². The molecular weight excluding hydrogens is 354 g/mol. The van der Waals surface area contributed by atoms with Crippen molar-refractivity contribution < 1.29 is 14.6 Å². The van der Waals surface area contributed by atoms with Gasteiger partial charge in [-0.2, -0.15) is 11.3 Å². The molecule has 1 aromatic heterocycles. The first kappa shape index (κ1) is 14.6. The number of benzene rings is 1. The van der Waals surface area contributed by atoms with Crippen LogP contribution in [0.3, 0.4) is 0 Å². The van der Waals surface area contributed by atoms with E-state index in [0.717, 1.165) is 15.6 Å². The number of carbonyl (C=O) groups excluding carboxylic acids is 1. The number of thiophene rings is 1. The largest absolute Gasteiger partial charge is 0.445 e. The van der Waals surface area contributed by atoms with Crippen molar-refractivity contribution in [3.63, 3.8) is 0 Å². The molecule has 1 aliphatic rings. The van der Waals surface area contributed by atoms with E-state index in [2.05, 4.69) is 15.9 Å². The molecule has 0 atom stereocenters. The minimum absolute atomic E-state index is 0.247. The normalized spacial score (nSPS) is 16.4. The highest BCUT2D eigenvalue weighted by Gasteiger charge is 2.47. The molecule has 1 N–H and O–H groups in total. The summed E-state index contributed by atoms with van der Waals surface area (Å²) >= 11 is 4.93. The highest BCUT2D eigenvalue weighted by Crippen LogP contribution is 2.38. The van der Waals surface area contributed by atoms with Crippen LogP contribution < -0.4 is 0 Å². The molecule has 0 spiro atoms. The molecule has 6 heteroatoms.